The van der Waals surface area contributed by atoms with Crippen molar-refractivity contribution in [2.45, 2.75) is 161 Å². The summed E-state index contributed by atoms with van der Waals surface area (Å²) in [6.07, 6.45) is 10.9. The topological polar surface area (TPSA) is 47.9 Å². The van der Waals surface area contributed by atoms with Crippen molar-refractivity contribution in [1.29, 1.82) is 0 Å². The third-order valence-corrected chi connectivity index (χ3v) is 15.9. The number of unbranched alkanes of at least 4 members (excludes halogenated alkanes) is 1. The van der Waals surface area contributed by atoms with E-state index < -0.39 is 19.7 Å². The van der Waals surface area contributed by atoms with Gasteiger partial charge < -0.3 is 19.0 Å². The molecule has 4 nitrogen and oxygen atoms in total. The van der Waals surface area contributed by atoms with Gasteiger partial charge in [0.1, 0.15) is 0 Å². The first-order valence-electron chi connectivity index (χ1n) is 14.8. The molecule has 4 fully saturated rings. The molecule has 1 aliphatic heterocycles. The smallest absolute Gasteiger partial charge is 0.192 e. The predicted molar refractivity (Wildman–Crippen MR) is 146 cm³/mol. The van der Waals surface area contributed by atoms with E-state index in [1.54, 1.807) is 0 Å². The zero-order valence-electron chi connectivity index (χ0n) is 24.6. The summed E-state index contributed by atoms with van der Waals surface area (Å²) in [6, 6.07) is 0. The lowest BCUT2D eigenvalue weighted by molar-refractivity contribution is -0.165. The van der Waals surface area contributed by atoms with E-state index in [1.165, 1.54) is 25.7 Å². The average molecular weight is 509 g/mol. The van der Waals surface area contributed by atoms with Crippen LogP contribution in [-0.4, -0.2) is 43.1 Å². The fourth-order valence-electron chi connectivity index (χ4n) is 8.11. The molecule has 1 N–H and O–H groups in total. The first kappa shape index (κ1) is 28.1. The summed E-state index contributed by atoms with van der Waals surface area (Å²) < 4.78 is 20.5. The Bertz CT molecular complexity index is 756. The maximum absolute atomic E-state index is 11.3. The molecule has 0 aromatic carbocycles. The van der Waals surface area contributed by atoms with Crippen molar-refractivity contribution in [2.75, 3.05) is 0 Å². The molecular formula is C30H56O4Si. The Morgan fingerprint density at radius 1 is 1.03 bits per heavy atom. The lowest BCUT2D eigenvalue weighted by atomic mass is 9.52. The fourth-order valence-corrected chi connectivity index (χ4v) is 9.51. The van der Waals surface area contributed by atoms with Crippen molar-refractivity contribution in [1.82, 2.24) is 0 Å². The lowest BCUT2D eigenvalue weighted by Crippen LogP contribution is -2.57. The Morgan fingerprint density at radius 2 is 1.69 bits per heavy atom. The molecule has 0 aromatic heterocycles. The third-order valence-electron chi connectivity index (χ3n) is 11.4. The van der Waals surface area contributed by atoms with E-state index in [1.807, 2.05) is 0 Å². The van der Waals surface area contributed by atoms with E-state index in [-0.39, 0.29) is 22.7 Å². The van der Waals surface area contributed by atoms with Crippen LogP contribution < -0.4 is 0 Å². The Hall–Kier alpha value is 0.0569. The second kappa shape index (κ2) is 9.36. The number of ether oxygens (including phenoxy) is 2. The van der Waals surface area contributed by atoms with Gasteiger partial charge in [0.25, 0.3) is 0 Å². The minimum absolute atomic E-state index is 0.00322. The van der Waals surface area contributed by atoms with E-state index in [0.29, 0.717) is 29.8 Å². The van der Waals surface area contributed by atoms with Crippen LogP contribution in [0.2, 0.25) is 18.1 Å². The lowest BCUT2D eigenvalue weighted by Gasteiger charge is -2.56. The summed E-state index contributed by atoms with van der Waals surface area (Å²) in [6.45, 7) is 22.8. The third kappa shape index (κ3) is 5.07. The van der Waals surface area contributed by atoms with Crippen LogP contribution in [0.4, 0.5) is 0 Å². The second-order valence-corrected chi connectivity index (χ2v) is 19.9. The van der Waals surface area contributed by atoms with Gasteiger partial charge in [-0.2, -0.15) is 0 Å². The van der Waals surface area contributed by atoms with Crippen LogP contribution in [0.1, 0.15) is 113 Å². The molecule has 1 heterocycles. The van der Waals surface area contributed by atoms with Crippen LogP contribution in [-0.2, 0) is 13.9 Å². The highest BCUT2D eigenvalue weighted by Crippen LogP contribution is 2.65. The summed E-state index contributed by atoms with van der Waals surface area (Å²) >= 11 is 0. The molecular weight excluding hydrogens is 452 g/mol. The van der Waals surface area contributed by atoms with Crippen molar-refractivity contribution < 1.29 is 19.0 Å². The van der Waals surface area contributed by atoms with Gasteiger partial charge in [0.15, 0.2) is 14.1 Å². The van der Waals surface area contributed by atoms with Gasteiger partial charge in [-0.1, -0.05) is 47.5 Å². The highest BCUT2D eigenvalue weighted by molar-refractivity contribution is 6.74. The van der Waals surface area contributed by atoms with Gasteiger partial charge in [-0.15, -0.1) is 0 Å². The van der Waals surface area contributed by atoms with E-state index in [4.69, 9.17) is 13.9 Å². The van der Waals surface area contributed by atoms with Crippen molar-refractivity contribution >= 4 is 8.32 Å². The molecule has 0 spiro atoms. The molecule has 0 amide bonds. The molecule has 3 aliphatic carbocycles. The van der Waals surface area contributed by atoms with Gasteiger partial charge in [-0.05, 0) is 113 Å². The van der Waals surface area contributed by atoms with Crippen LogP contribution in [0.15, 0.2) is 0 Å². The van der Waals surface area contributed by atoms with Gasteiger partial charge in [0, 0.05) is 6.10 Å². The Labute approximate surface area is 217 Å². The molecule has 0 aromatic rings. The minimum atomic E-state index is -1.84. The minimum Gasteiger partial charge on any atom is -0.414 e. The van der Waals surface area contributed by atoms with Crippen LogP contribution in [0.25, 0.3) is 0 Å². The summed E-state index contributed by atoms with van der Waals surface area (Å²) in [5.41, 5.74) is -0.567. The van der Waals surface area contributed by atoms with Crippen molar-refractivity contribution in [3.8, 4) is 0 Å². The molecule has 0 radical (unpaired) electrons. The molecule has 4 rings (SSSR count). The largest absolute Gasteiger partial charge is 0.414 e. The summed E-state index contributed by atoms with van der Waals surface area (Å²) in [5, 5.41) is 11.5. The highest BCUT2D eigenvalue weighted by Gasteiger charge is 2.65. The maximum Gasteiger partial charge on any atom is 0.192 e. The van der Waals surface area contributed by atoms with Crippen LogP contribution in [0.3, 0.4) is 0 Å². The number of hydrogen-bond acceptors (Lipinski definition) is 4. The van der Waals surface area contributed by atoms with Crippen LogP contribution in [0.5, 0.6) is 0 Å². The highest BCUT2D eigenvalue weighted by atomic mass is 28.4. The molecule has 1 unspecified atom stereocenters. The van der Waals surface area contributed by atoms with E-state index in [9.17, 15) is 5.11 Å². The summed E-state index contributed by atoms with van der Waals surface area (Å²) in [4.78, 5) is 0. The molecule has 5 heteroatoms. The molecule has 0 bridgehead atoms. The average Bonchev–Trinajstić information content (AvgIpc) is 3.17. The van der Waals surface area contributed by atoms with Gasteiger partial charge in [-0.3, -0.25) is 0 Å². The molecule has 35 heavy (non-hydrogen) atoms. The number of aliphatic hydroxyl groups is 1. The SMILES string of the molecule is CCCCC(C[C@H]1C[C@H]2CC[C@@]3(C)[C@@H](CC[C@]3(C)O)[C@@H]2[C@H]2OC(C)(C)O[C@H]12)O[Si](C)(C)C(C)(C)C. The quantitative estimate of drug-likeness (QED) is 0.358. The van der Waals surface area contributed by atoms with E-state index in [2.05, 4.69) is 68.5 Å². The molecule has 4 aliphatic rings. The molecule has 1 saturated heterocycles. The summed E-state index contributed by atoms with van der Waals surface area (Å²) in [5.74, 6) is 1.66. The second-order valence-electron chi connectivity index (χ2n) is 15.2. The van der Waals surface area contributed by atoms with Crippen LogP contribution in [0, 0.1) is 29.1 Å². The van der Waals surface area contributed by atoms with E-state index in [0.717, 1.165) is 32.1 Å². The monoisotopic (exact) mass is 508 g/mol. The van der Waals surface area contributed by atoms with Gasteiger partial charge in [0.05, 0.1) is 17.8 Å². The molecule has 204 valence electrons. The standard InChI is InChI=1S/C30H56O4Si/c1-11-12-13-22(34-35(9,10)27(2,3)4)19-21-18-20-14-16-29(7)23(15-17-30(29,8)31)24(20)26-25(21)32-28(5,6)33-26/h20-26,31H,11-19H2,1-10H3/t20-,21-,22?,23+,24-,25-,26-,29+,30+/m1/s1. The van der Waals surface area contributed by atoms with E-state index >= 15 is 0 Å². The zero-order chi connectivity index (χ0) is 26.0. The predicted octanol–water partition coefficient (Wildman–Crippen LogP) is 7.69. The molecule has 3 saturated carbocycles. The first-order chi connectivity index (χ1) is 16.0. The first-order valence-corrected chi connectivity index (χ1v) is 17.7. The van der Waals surface area contributed by atoms with Crippen LogP contribution >= 0.6 is 0 Å². The van der Waals surface area contributed by atoms with Gasteiger partial charge in [0.2, 0.25) is 0 Å². The number of hydrogen-bond donors (Lipinski definition) is 1. The van der Waals surface area contributed by atoms with Crippen molar-refractivity contribution in [3.63, 3.8) is 0 Å². The number of fused-ring (bicyclic) bond motifs is 5. The van der Waals surface area contributed by atoms with Gasteiger partial charge >= 0.3 is 0 Å². The maximum atomic E-state index is 11.3. The summed E-state index contributed by atoms with van der Waals surface area (Å²) in [7, 11) is -1.84. The van der Waals surface area contributed by atoms with Crippen molar-refractivity contribution in [3.05, 3.63) is 0 Å². The molecule has 9 atom stereocenters. The fraction of sp³-hybridized carbons (Fsp3) is 1.00. The zero-order valence-corrected chi connectivity index (χ0v) is 25.6. The Balaban J connectivity index is 1.58. The van der Waals surface area contributed by atoms with Gasteiger partial charge in [-0.25, -0.2) is 0 Å². The number of rotatable bonds is 7. The Kier molecular flexibility index (Phi) is 7.51. The van der Waals surface area contributed by atoms with Crippen molar-refractivity contribution in [2.24, 2.45) is 29.1 Å². The normalized spacial score (nSPS) is 44.0. The Morgan fingerprint density at radius 3 is 2.31 bits per heavy atom.